The number of nitrogens with zero attached hydrogens (tertiary/aromatic N) is 4. The van der Waals surface area contributed by atoms with Crippen LogP contribution in [0.1, 0.15) is 5.76 Å². The monoisotopic (exact) mass is 329 g/mol. The van der Waals surface area contributed by atoms with Gasteiger partial charge in [-0.3, -0.25) is 0 Å². The van der Waals surface area contributed by atoms with Crippen LogP contribution in [-0.4, -0.2) is 56.4 Å². The predicted octanol–water partition coefficient (Wildman–Crippen LogP) is 2.40. The van der Waals surface area contributed by atoms with Crippen molar-refractivity contribution < 1.29 is 9.32 Å². The van der Waals surface area contributed by atoms with E-state index in [0.29, 0.717) is 13.1 Å². The van der Waals surface area contributed by atoms with E-state index in [0.717, 1.165) is 36.0 Å². The van der Waals surface area contributed by atoms with E-state index >= 15 is 0 Å². The van der Waals surface area contributed by atoms with Gasteiger partial charge >= 0.3 is 6.03 Å². The lowest BCUT2D eigenvalue weighted by Crippen LogP contribution is -2.50. The molecule has 0 radical (unpaired) electrons. The number of carbonyl (C=O) groups excluding carboxylic acids is 1. The van der Waals surface area contributed by atoms with Crippen molar-refractivity contribution in [3.63, 3.8) is 0 Å². The van der Waals surface area contributed by atoms with Gasteiger partial charge in [0.25, 0.3) is 0 Å². The van der Waals surface area contributed by atoms with Gasteiger partial charge in [0, 0.05) is 57.7 Å². The second-order valence-corrected chi connectivity index (χ2v) is 6.14. The molecule has 24 heavy (non-hydrogen) atoms. The first-order chi connectivity index (χ1) is 11.5. The van der Waals surface area contributed by atoms with E-state index in [4.69, 9.17) is 4.52 Å². The van der Waals surface area contributed by atoms with Gasteiger partial charge < -0.3 is 24.5 Å². The fourth-order valence-corrected chi connectivity index (χ4v) is 2.69. The first-order valence-electron chi connectivity index (χ1n) is 8.04. The van der Waals surface area contributed by atoms with Gasteiger partial charge in [0.05, 0.1) is 0 Å². The summed E-state index contributed by atoms with van der Waals surface area (Å²) in [4.78, 5) is 18.4. The fraction of sp³-hybridized carbons (Fsp3) is 0.412. The zero-order valence-corrected chi connectivity index (χ0v) is 14.3. The molecule has 128 valence electrons. The van der Waals surface area contributed by atoms with Crippen molar-refractivity contribution in [1.82, 2.24) is 10.1 Å². The Hall–Kier alpha value is -2.70. The quantitative estimate of drug-likeness (QED) is 0.937. The Balaban J connectivity index is 1.53. The molecule has 0 bridgehead atoms. The van der Waals surface area contributed by atoms with E-state index in [1.54, 1.807) is 0 Å². The molecule has 7 nitrogen and oxygen atoms in total. The summed E-state index contributed by atoms with van der Waals surface area (Å²) in [6, 6.07) is 9.66. The standard InChI is InChI=1S/C17H23N5O2/c1-13-12-16(19-24-13)21-8-10-22(11-9-21)17(23)18-14-4-6-15(7-5-14)20(2)3/h4-7,12H,8-11H2,1-3H3,(H,18,23). The first kappa shape index (κ1) is 16.2. The van der Waals surface area contributed by atoms with Crippen LogP contribution in [0, 0.1) is 6.92 Å². The van der Waals surface area contributed by atoms with Crippen molar-refractivity contribution in [2.45, 2.75) is 6.92 Å². The Bertz CT molecular complexity index is 687. The number of nitrogens with one attached hydrogen (secondary N) is 1. The van der Waals surface area contributed by atoms with Gasteiger partial charge in [0.1, 0.15) is 5.76 Å². The summed E-state index contributed by atoms with van der Waals surface area (Å²) < 4.78 is 5.11. The number of hydrogen-bond donors (Lipinski definition) is 1. The maximum atomic E-state index is 12.4. The van der Waals surface area contributed by atoms with Crippen LogP contribution in [0.4, 0.5) is 22.0 Å². The highest BCUT2D eigenvalue weighted by atomic mass is 16.5. The summed E-state index contributed by atoms with van der Waals surface area (Å²) in [6.07, 6.45) is 0. The summed E-state index contributed by atoms with van der Waals surface area (Å²) in [5.74, 6) is 1.64. The number of urea groups is 1. The van der Waals surface area contributed by atoms with Crippen LogP contribution in [0.5, 0.6) is 0 Å². The van der Waals surface area contributed by atoms with Gasteiger partial charge in [-0.2, -0.15) is 0 Å². The van der Waals surface area contributed by atoms with Crippen LogP contribution < -0.4 is 15.1 Å². The number of hydrogen-bond acceptors (Lipinski definition) is 5. The zero-order valence-electron chi connectivity index (χ0n) is 14.3. The highest BCUT2D eigenvalue weighted by Crippen LogP contribution is 2.18. The zero-order chi connectivity index (χ0) is 17.1. The Morgan fingerprint density at radius 1 is 1.17 bits per heavy atom. The lowest BCUT2D eigenvalue weighted by atomic mass is 10.2. The molecular formula is C17H23N5O2. The molecule has 1 N–H and O–H groups in total. The molecular weight excluding hydrogens is 306 g/mol. The Labute approximate surface area is 141 Å². The van der Waals surface area contributed by atoms with Gasteiger partial charge in [0.2, 0.25) is 0 Å². The second-order valence-electron chi connectivity index (χ2n) is 6.14. The van der Waals surface area contributed by atoms with E-state index in [-0.39, 0.29) is 6.03 Å². The van der Waals surface area contributed by atoms with E-state index in [9.17, 15) is 4.79 Å². The molecule has 7 heteroatoms. The van der Waals surface area contributed by atoms with Gasteiger partial charge in [0.15, 0.2) is 5.82 Å². The number of benzene rings is 1. The molecule has 1 aliphatic rings. The molecule has 1 fully saturated rings. The van der Waals surface area contributed by atoms with E-state index in [1.165, 1.54) is 0 Å². The van der Waals surface area contributed by atoms with Gasteiger partial charge in [-0.15, -0.1) is 0 Å². The number of aryl methyl sites for hydroxylation is 1. The van der Waals surface area contributed by atoms with E-state index < -0.39 is 0 Å². The molecule has 2 heterocycles. The summed E-state index contributed by atoms with van der Waals surface area (Å²) >= 11 is 0. The Morgan fingerprint density at radius 3 is 2.38 bits per heavy atom. The topological polar surface area (TPSA) is 64.8 Å². The highest BCUT2D eigenvalue weighted by Gasteiger charge is 2.22. The maximum absolute atomic E-state index is 12.4. The van der Waals surface area contributed by atoms with E-state index in [2.05, 4.69) is 15.4 Å². The highest BCUT2D eigenvalue weighted by molar-refractivity contribution is 5.89. The lowest BCUT2D eigenvalue weighted by molar-refractivity contribution is 0.208. The Morgan fingerprint density at radius 2 is 1.83 bits per heavy atom. The molecule has 2 aromatic rings. The van der Waals surface area contributed by atoms with Crippen LogP contribution in [0.3, 0.4) is 0 Å². The maximum Gasteiger partial charge on any atom is 0.321 e. The largest absolute Gasteiger partial charge is 0.378 e. The van der Waals surface area contributed by atoms with Crippen molar-refractivity contribution in [3.8, 4) is 0 Å². The fourth-order valence-electron chi connectivity index (χ4n) is 2.69. The number of amides is 2. The molecule has 1 aromatic heterocycles. The third kappa shape index (κ3) is 3.61. The molecule has 1 aromatic carbocycles. The van der Waals surface area contributed by atoms with Crippen LogP contribution in [0.2, 0.25) is 0 Å². The summed E-state index contributed by atoms with van der Waals surface area (Å²) in [6.45, 7) is 4.70. The summed E-state index contributed by atoms with van der Waals surface area (Å²) in [5.41, 5.74) is 1.91. The third-order valence-corrected chi connectivity index (χ3v) is 4.14. The van der Waals surface area contributed by atoms with Crippen molar-refractivity contribution >= 4 is 23.2 Å². The molecule has 2 amide bonds. The Kier molecular flexibility index (Phi) is 4.59. The SMILES string of the molecule is Cc1cc(N2CCN(C(=O)Nc3ccc(N(C)C)cc3)CC2)no1. The minimum atomic E-state index is -0.0661. The number of carbonyl (C=O) groups is 1. The summed E-state index contributed by atoms with van der Waals surface area (Å²) in [5, 5.41) is 6.98. The molecule has 0 spiro atoms. The summed E-state index contributed by atoms with van der Waals surface area (Å²) in [7, 11) is 3.98. The van der Waals surface area contributed by atoms with Crippen molar-refractivity contribution in [2.75, 3.05) is 55.4 Å². The predicted molar refractivity (Wildman–Crippen MR) is 94.8 cm³/mol. The second kappa shape index (κ2) is 6.82. The smallest absolute Gasteiger partial charge is 0.321 e. The minimum Gasteiger partial charge on any atom is -0.378 e. The van der Waals surface area contributed by atoms with Crippen LogP contribution in [0.25, 0.3) is 0 Å². The van der Waals surface area contributed by atoms with Crippen molar-refractivity contribution in [3.05, 3.63) is 36.1 Å². The minimum absolute atomic E-state index is 0.0661. The number of rotatable bonds is 3. The van der Waals surface area contributed by atoms with Crippen molar-refractivity contribution in [2.24, 2.45) is 0 Å². The average molecular weight is 329 g/mol. The van der Waals surface area contributed by atoms with E-state index in [1.807, 2.05) is 61.2 Å². The first-order valence-corrected chi connectivity index (χ1v) is 8.04. The average Bonchev–Trinajstić information content (AvgIpc) is 3.02. The van der Waals surface area contributed by atoms with Crippen LogP contribution in [-0.2, 0) is 0 Å². The van der Waals surface area contributed by atoms with Gasteiger partial charge in [-0.05, 0) is 31.2 Å². The number of aromatic nitrogens is 1. The lowest BCUT2D eigenvalue weighted by Gasteiger charge is -2.34. The van der Waals surface area contributed by atoms with Crippen LogP contribution in [0.15, 0.2) is 34.9 Å². The number of piperazine rings is 1. The third-order valence-electron chi connectivity index (χ3n) is 4.14. The molecule has 1 saturated heterocycles. The molecule has 0 atom stereocenters. The van der Waals surface area contributed by atoms with Gasteiger partial charge in [-0.25, -0.2) is 4.79 Å². The molecule has 3 rings (SSSR count). The molecule has 1 aliphatic heterocycles. The number of anilines is 3. The van der Waals surface area contributed by atoms with Crippen LogP contribution >= 0.6 is 0 Å². The molecule has 0 saturated carbocycles. The van der Waals surface area contributed by atoms with Crippen molar-refractivity contribution in [1.29, 1.82) is 0 Å². The van der Waals surface area contributed by atoms with Gasteiger partial charge in [-0.1, -0.05) is 5.16 Å². The normalized spacial score (nSPS) is 14.6. The molecule has 0 aliphatic carbocycles. The molecule has 0 unspecified atom stereocenters.